The van der Waals surface area contributed by atoms with E-state index < -0.39 is 0 Å². The maximum atomic E-state index is 5.95. The molecule has 2 heteroatoms. The second kappa shape index (κ2) is 5.04. The van der Waals surface area contributed by atoms with E-state index in [0.717, 1.165) is 6.42 Å². The second-order valence-corrected chi connectivity index (χ2v) is 4.21. The molecule has 2 radical (unpaired) electrons. The number of hydrogen-bond acceptors (Lipinski definition) is 1. The van der Waals surface area contributed by atoms with Crippen LogP contribution in [-0.4, -0.2) is 20.0 Å². The Bertz CT molecular complexity index is 149. The number of hydrogen-bond donors (Lipinski definition) is 0. The van der Waals surface area contributed by atoms with Crippen molar-refractivity contribution in [1.82, 2.24) is 0 Å². The molecular weight excluding hydrogens is 159 g/mol. The van der Waals surface area contributed by atoms with E-state index in [2.05, 4.69) is 20.8 Å². The van der Waals surface area contributed by atoms with Crippen LogP contribution >= 0.6 is 0 Å². The van der Waals surface area contributed by atoms with Crippen LogP contribution in [0.4, 0.5) is 0 Å². The molecule has 3 unspecified atom stereocenters. The molecule has 1 nitrogen and oxygen atoms in total. The Morgan fingerprint density at radius 3 is 2.46 bits per heavy atom. The molecule has 0 saturated carbocycles. The van der Waals surface area contributed by atoms with Gasteiger partial charge in [-0.15, -0.1) is 0 Å². The maximum Gasteiger partial charge on any atom is 0.109 e. The highest BCUT2D eigenvalue weighted by atomic mass is 16.5. The minimum absolute atomic E-state index is 0.00787. The van der Waals surface area contributed by atoms with Crippen LogP contribution in [0.15, 0.2) is 0 Å². The molecule has 1 aliphatic heterocycles. The Morgan fingerprint density at radius 2 is 2.00 bits per heavy atom. The van der Waals surface area contributed by atoms with E-state index in [-0.39, 0.29) is 6.00 Å². The third-order valence-corrected chi connectivity index (χ3v) is 3.31. The lowest BCUT2D eigenvalue weighted by molar-refractivity contribution is 0.0690. The third kappa shape index (κ3) is 2.49. The lowest BCUT2D eigenvalue weighted by Gasteiger charge is -2.18. The van der Waals surface area contributed by atoms with Crippen LogP contribution < -0.4 is 0 Å². The molecule has 74 valence electrons. The molecule has 0 aliphatic carbocycles. The number of unbranched alkanes of at least 4 members (excludes halogenated alkanes) is 1. The molecule has 0 bridgehead atoms. The zero-order valence-electron chi connectivity index (χ0n) is 9.12. The molecule has 1 saturated heterocycles. The van der Waals surface area contributed by atoms with Gasteiger partial charge in [-0.2, -0.15) is 0 Å². The number of rotatable bonds is 4. The van der Waals surface area contributed by atoms with Crippen molar-refractivity contribution in [2.45, 2.75) is 58.6 Å². The van der Waals surface area contributed by atoms with Crippen molar-refractivity contribution in [3.8, 4) is 0 Å². The van der Waals surface area contributed by atoms with Gasteiger partial charge in [0.25, 0.3) is 0 Å². The fraction of sp³-hybridized carbons (Fsp3) is 1.00. The van der Waals surface area contributed by atoms with Crippen LogP contribution in [0.3, 0.4) is 0 Å². The van der Waals surface area contributed by atoms with Crippen LogP contribution in [0.5, 0.6) is 0 Å². The van der Waals surface area contributed by atoms with Crippen molar-refractivity contribution >= 4 is 7.85 Å². The highest BCUT2D eigenvalue weighted by Crippen LogP contribution is 2.35. The summed E-state index contributed by atoms with van der Waals surface area (Å²) in [6.07, 6.45) is 5.26. The zero-order chi connectivity index (χ0) is 9.84. The van der Waals surface area contributed by atoms with Gasteiger partial charge in [0.05, 0.1) is 6.10 Å². The first-order valence-electron chi connectivity index (χ1n) is 5.61. The summed E-state index contributed by atoms with van der Waals surface area (Å²) in [5, 5.41) is 0. The second-order valence-electron chi connectivity index (χ2n) is 4.21. The normalized spacial score (nSPS) is 39.6. The smallest absolute Gasteiger partial charge is 0.109 e. The molecule has 1 aliphatic rings. The fourth-order valence-electron chi connectivity index (χ4n) is 2.34. The van der Waals surface area contributed by atoms with E-state index in [1.165, 1.54) is 19.3 Å². The summed E-state index contributed by atoms with van der Waals surface area (Å²) in [4.78, 5) is 0. The molecule has 1 heterocycles. The minimum Gasteiger partial charge on any atom is -0.384 e. The molecule has 0 N–H and O–H groups in total. The molecule has 0 aromatic rings. The van der Waals surface area contributed by atoms with E-state index in [4.69, 9.17) is 12.6 Å². The van der Waals surface area contributed by atoms with Gasteiger partial charge in [-0.3, -0.25) is 0 Å². The zero-order valence-corrected chi connectivity index (χ0v) is 9.12. The van der Waals surface area contributed by atoms with Gasteiger partial charge < -0.3 is 4.74 Å². The topological polar surface area (TPSA) is 9.23 Å². The average molecular weight is 180 g/mol. The lowest BCUT2D eigenvalue weighted by atomic mass is 9.77. The van der Waals surface area contributed by atoms with Gasteiger partial charge >= 0.3 is 0 Å². The van der Waals surface area contributed by atoms with Gasteiger partial charge in [-0.1, -0.05) is 33.6 Å². The third-order valence-electron chi connectivity index (χ3n) is 3.31. The van der Waals surface area contributed by atoms with Crippen molar-refractivity contribution in [2.24, 2.45) is 11.8 Å². The van der Waals surface area contributed by atoms with Crippen molar-refractivity contribution < 1.29 is 4.74 Å². The predicted octanol–water partition coefficient (Wildman–Crippen LogP) is 2.73. The van der Waals surface area contributed by atoms with Crippen molar-refractivity contribution in [3.05, 3.63) is 0 Å². The molecule has 0 aromatic heterocycles. The molecular formula is C11H21BO. The van der Waals surface area contributed by atoms with Gasteiger partial charge in [-0.25, -0.2) is 0 Å². The first-order chi connectivity index (χ1) is 6.20. The fourth-order valence-corrected chi connectivity index (χ4v) is 2.34. The Morgan fingerprint density at radius 1 is 1.31 bits per heavy atom. The monoisotopic (exact) mass is 180 g/mol. The Balaban J connectivity index is 2.44. The quantitative estimate of drug-likeness (QED) is 0.604. The maximum absolute atomic E-state index is 5.95. The first kappa shape index (κ1) is 11.1. The Kier molecular flexibility index (Phi) is 4.31. The van der Waals surface area contributed by atoms with Crippen molar-refractivity contribution in [2.75, 3.05) is 0 Å². The van der Waals surface area contributed by atoms with Crippen LogP contribution in [0.2, 0.25) is 0 Å². The highest BCUT2D eigenvalue weighted by molar-refractivity contribution is 6.11. The summed E-state index contributed by atoms with van der Waals surface area (Å²) in [5.41, 5.74) is 0. The molecule has 0 aromatic carbocycles. The van der Waals surface area contributed by atoms with Crippen LogP contribution in [0.25, 0.3) is 0 Å². The van der Waals surface area contributed by atoms with Crippen LogP contribution in [0.1, 0.15) is 46.5 Å². The molecule has 4 atom stereocenters. The molecule has 0 amide bonds. The largest absolute Gasteiger partial charge is 0.384 e. The SMILES string of the molecule is [B]C1OC(CC)C(C)[C@H]1CCCC. The van der Waals surface area contributed by atoms with E-state index in [9.17, 15) is 0 Å². The molecule has 1 fully saturated rings. The van der Waals surface area contributed by atoms with Gasteiger partial charge in [0.15, 0.2) is 0 Å². The summed E-state index contributed by atoms with van der Waals surface area (Å²) in [6.45, 7) is 6.68. The average Bonchev–Trinajstić information content (AvgIpc) is 2.39. The summed E-state index contributed by atoms with van der Waals surface area (Å²) >= 11 is 0. The van der Waals surface area contributed by atoms with Crippen molar-refractivity contribution in [3.63, 3.8) is 0 Å². The van der Waals surface area contributed by atoms with E-state index in [1.54, 1.807) is 0 Å². The van der Waals surface area contributed by atoms with Crippen LogP contribution in [-0.2, 0) is 4.74 Å². The van der Waals surface area contributed by atoms with Crippen LogP contribution in [0, 0.1) is 11.8 Å². The molecule has 13 heavy (non-hydrogen) atoms. The summed E-state index contributed by atoms with van der Waals surface area (Å²) < 4.78 is 5.71. The summed E-state index contributed by atoms with van der Waals surface area (Å²) in [7, 11) is 5.95. The summed E-state index contributed by atoms with van der Waals surface area (Å²) in [6, 6.07) is -0.00787. The molecule has 0 spiro atoms. The minimum atomic E-state index is -0.00787. The van der Waals surface area contributed by atoms with Gasteiger partial charge in [0.2, 0.25) is 0 Å². The Hall–Kier alpha value is 0.0249. The predicted molar refractivity (Wildman–Crippen MR) is 56.9 cm³/mol. The van der Waals surface area contributed by atoms with Gasteiger partial charge in [0, 0.05) is 6.00 Å². The first-order valence-corrected chi connectivity index (χ1v) is 5.61. The van der Waals surface area contributed by atoms with E-state index in [0.29, 0.717) is 17.9 Å². The van der Waals surface area contributed by atoms with Crippen molar-refractivity contribution in [1.29, 1.82) is 0 Å². The van der Waals surface area contributed by atoms with Gasteiger partial charge in [-0.05, 0) is 24.7 Å². The molecule has 1 rings (SSSR count). The highest BCUT2D eigenvalue weighted by Gasteiger charge is 2.36. The number of ether oxygens (including phenoxy) is 1. The lowest BCUT2D eigenvalue weighted by Crippen LogP contribution is -2.19. The Labute approximate surface area is 83.6 Å². The van der Waals surface area contributed by atoms with Gasteiger partial charge in [0.1, 0.15) is 7.85 Å². The summed E-state index contributed by atoms with van der Waals surface area (Å²) in [5.74, 6) is 1.23. The standard InChI is InChI=1S/C11H21BO/c1-4-6-7-9-8(3)10(5-2)13-11(9)12/h8-11H,4-7H2,1-3H3/t8?,9-,10?,11?/m1/s1. The van der Waals surface area contributed by atoms with E-state index >= 15 is 0 Å². The van der Waals surface area contributed by atoms with E-state index in [1.807, 2.05) is 0 Å².